The molecular weight excluding hydrogens is 224 g/mol. The molecule has 1 aromatic rings. The molecule has 0 aliphatic heterocycles. The Labute approximate surface area is 110 Å². The number of rotatable bonds is 6. The minimum atomic E-state index is 0.621. The first-order valence-electron chi connectivity index (χ1n) is 6.61. The molecule has 0 aliphatic carbocycles. The molecule has 0 aliphatic rings. The van der Waals surface area contributed by atoms with E-state index in [1.807, 2.05) is 20.8 Å². The second kappa shape index (κ2) is 6.53. The van der Waals surface area contributed by atoms with Crippen LogP contribution < -0.4 is 0 Å². The molecule has 100 valence electrons. The highest BCUT2D eigenvalue weighted by Crippen LogP contribution is 2.23. The minimum Gasteiger partial charge on any atom is -0.494 e. The van der Waals surface area contributed by atoms with Crippen molar-refractivity contribution in [2.45, 2.75) is 47.5 Å². The molecule has 0 atom stereocenters. The van der Waals surface area contributed by atoms with Gasteiger partial charge in [0.1, 0.15) is 11.6 Å². The average Bonchev–Trinajstić information content (AvgIpc) is 2.25. The standard InChI is InChI=1S/C15H24N2O/c1-7-18-12(5)15-11(4)16-13(6)17-14(15)9-8-10(2)3/h10H,5,7-9H2,1-4,6H3. The molecule has 0 spiro atoms. The number of aromatic nitrogens is 2. The van der Waals surface area contributed by atoms with Gasteiger partial charge in [0.2, 0.25) is 0 Å². The van der Waals surface area contributed by atoms with Crippen molar-refractivity contribution in [1.29, 1.82) is 0 Å². The highest BCUT2D eigenvalue weighted by Gasteiger charge is 2.14. The third-order valence-corrected chi connectivity index (χ3v) is 2.83. The molecule has 3 heteroatoms. The maximum absolute atomic E-state index is 5.52. The van der Waals surface area contributed by atoms with E-state index in [2.05, 4.69) is 30.4 Å². The van der Waals surface area contributed by atoms with Gasteiger partial charge < -0.3 is 4.74 Å². The highest BCUT2D eigenvalue weighted by atomic mass is 16.5. The number of hydrogen-bond acceptors (Lipinski definition) is 3. The molecule has 0 unspecified atom stereocenters. The summed E-state index contributed by atoms with van der Waals surface area (Å²) in [5, 5.41) is 0. The molecule has 1 heterocycles. The van der Waals surface area contributed by atoms with Gasteiger partial charge in [0.15, 0.2) is 0 Å². The normalized spacial score (nSPS) is 10.8. The molecule has 0 amide bonds. The first-order chi connectivity index (χ1) is 8.45. The molecule has 0 radical (unpaired) electrons. The predicted molar refractivity (Wildman–Crippen MR) is 75.3 cm³/mol. The maximum Gasteiger partial charge on any atom is 0.125 e. The predicted octanol–water partition coefficient (Wildman–Crippen LogP) is 3.69. The van der Waals surface area contributed by atoms with E-state index in [-0.39, 0.29) is 0 Å². The van der Waals surface area contributed by atoms with E-state index in [1.54, 1.807) is 0 Å². The van der Waals surface area contributed by atoms with Crippen molar-refractivity contribution in [1.82, 2.24) is 9.97 Å². The van der Waals surface area contributed by atoms with Crippen molar-refractivity contribution in [2.24, 2.45) is 5.92 Å². The quantitative estimate of drug-likeness (QED) is 0.720. The molecule has 18 heavy (non-hydrogen) atoms. The number of ether oxygens (including phenoxy) is 1. The molecule has 0 N–H and O–H groups in total. The van der Waals surface area contributed by atoms with Crippen molar-refractivity contribution < 1.29 is 4.74 Å². The van der Waals surface area contributed by atoms with Crippen molar-refractivity contribution in [2.75, 3.05) is 6.61 Å². The number of hydrogen-bond donors (Lipinski definition) is 0. The minimum absolute atomic E-state index is 0.621. The smallest absolute Gasteiger partial charge is 0.125 e. The van der Waals surface area contributed by atoms with Crippen LogP contribution in [-0.4, -0.2) is 16.6 Å². The van der Waals surface area contributed by atoms with Crippen LogP contribution in [0.25, 0.3) is 5.76 Å². The molecule has 1 aromatic heterocycles. The van der Waals surface area contributed by atoms with Gasteiger partial charge in [-0.1, -0.05) is 20.4 Å². The van der Waals surface area contributed by atoms with Crippen LogP contribution in [0.2, 0.25) is 0 Å². The number of nitrogens with zero attached hydrogens (tertiary/aromatic N) is 2. The summed E-state index contributed by atoms with van der Waals surface area (Å²) < 4.78 is 5.52. The Balaban J connectivity index is 3.08. The molecule has 3 nitrogen and oxygen atoms in total. The van der Waals surface area contributed by atoms with Gasteiger partial charge in [-0.15, -0.1) is 0 Å². The lowest BCUT2D eigenvalue weighted by Gasteiger charge is -2.15. The molecule has 0 fully saturated rings. The monoisotopic (exact) mass is 248 g/mol. The van der Waals surface area contributed by atoms with E-state index < -0.39 is 0 Å². The Kier molecular flexibility index (Phi) is 5.32. The fourth-order valence-electron chi connectivity index (χ4n) is 2.00. The van der Waals surface area contributed by atoms with Crippen LogP contribution in [0.1, 0.15) is 50.0 Å². The van der Waals surface area contributed by atoms with Crippen LogP contribution in [0, 0.1) is 19.8 Å². The molecule has 0 saturated carbocycles. The fourth-order valence-corrected chi connectivity index (χ4v) is 2.00. The van der Waals surface area contributed by atoms with Gasteiger partial charge in [-0.25, -0.2) is 9.97 Å². The van der Waals surface area contributed by atoms with E-state index in [9.17, 15) is 0 Å². The van der Waals surface area contributed by atoms with Crippen molar-refractivity contribution >= 4 is 5.76 Å². The van der Waals surface area contributed by atoms with E-state index in [1.165, 1.54) is 0 Å². The Morgan fingerprint density at radius 2 is 1.94 bits per heavy atom. The third-order valence-electron chi connectivity index (χ3n) is 2.83. The largest absolute Gasteiger partial charge is 0.494 e. The lowest BCUT2D eigenvalue weighted by atomic mass is 10.0. The van der Waals surface area contributed by atoms with Crippen LogP contribution in [0.15, 0.2) is 6.58 Å². The summed E-state index contributed by atoms with van der Waals surface area (Å²) in [6.07, 6.45) is 2.06. The zero-order chi connectivity index (χ0) is 13.7. The summed E-state index contributed by atoms with van der Waals surface area (Å²) >= 11 is 0. The van der Waals surface area contributed by atoms with Crippen molar-refractivity contribution in [3.63, 3.8) is 0 Å². The zero-order valence-corrected chi connectivity index (χ0v) is 12.2. The van der Waals surface area contributed by atoms with Gasteiger partial charge in [0, 0.05) is 0 Å². The summed E-state index contributed by atoms with van der Waals surface area (Å²) in [5.74, 6) is 2.17. The summed E-state index contributed by atoms with van der Waals surface area (Å²) in [7, 11) is 0. The SMILES string of the molecule is C=C(OCC)c1c(C)nc(C)nc1CCC(C)C. The molecule has 0 bridgehead atoms. The lowest BCUT2D eigenvalue weighted by molar-refractivity contribution is 0.298. The first kappa shape index (κ1) is 14.7. The Bertz CT molecular complexity index is 425. The summed E-state index contributed by atoms with van der Waals surface area (Å²) in [6, 6.07) is 0. The van der Waals surface area contributed by atoms with Gasteiger partial charge in [-0.2, -0.15) is 0 Å². The summed E-state index contributed by atoms with van der Waals surface area (Å²) in [5.41, 5.74) is 3.01. The van der Waals surface area contributed by atoms with Gasteiger partial charge in [-0.05, 0) is 39.5 Å². The maximum atomic E-state index is 5.52. The van der Waals surface area contributed by atoms with Crippen LogP contribution >= 0.6 is 0 Å². The second-order valence-electron chi connectivity index (χ2n) is 4.97. The topological polar surface area (TPSA) is 35.0 Å². The molecule has 0 aromatic carbocycles. The third kappa shape index (κ3) is 3.83. The Morgan fingerprint density at radius 3 is 2.50 bits per heavy atom. The Morgan fingerprint density at radius 1 is 1.28 bits per heavy atom. The highest BCUT2D eigenvalue weighted by molar-refractivity contribution is 5.61. The van der Waals surface area contributed by atoms with E-state index >= 15 is 0 Å². The molecule has 1 rings (SSSR count). The first-order valence-corrected chi connectivity index (χ1v) is 6.61. The fraction of sp³-hybridized carbons (Fsp3) is 0.600. The van der Waals surface area contributed by atoms with Gasteiger partial charge in [0.05, 0.1) is 23.6 Å². The van der Waals surface area contributed by atoms with Gasteiger partial charge in [0.25, 0.3) is 0 Å². The van der Waals surface area contributed by atoms with E-state index in [4.69, 9.17) is 4.74 Å². The van der Waals surface area contributed by atoms with Crippen molar-refractivity contribution in [3.8, 4) is 0 Å². The van der Waals surface area contributed by atoms with Crippen LogP contribution in [0.3, 0.4) is 0 Å². The molecular formula is C15H24N2O. The van der Waals surface area contributed by atoms with Crippen molar-refractivity contribution in [3.05, 3.63) is 29.4 Å². The van der Waals surface area contributed by atoms with Crippen LogP contribution in [-0.2, 0) is 11.2 Å². The number of aryl methyl sites for hydroxylation is 3. The molecule has 0 saturated heterocycles. The average molecular weight is 248 g/mol. The van der Waals surface area contributed by atoms with E-state index in [0.717, 1.165) is 35.6 Å². The zero-order valence-electron chi connectivity index (χ0n) is 12.2. The van der Waals surface area contributed by atoms with Crippen LogP contribution in [0.5, 0.6) is 0 Å². The second-order valence-corrected chi connectivity index (χ2v) is 4.97. The Hall–Kier alpha value is -1.38. The van der Waals surface area contributed by atoms with Crippen LogP contribution in [0.4, 0.5) is 0 Å². The van der Waals surface area contributed by atoms with Gasteiger partial charge >= 0.3 is 0 Å². The lowest BCUT2D eigenvalue weighted by Crippen LogP contribution is -2.08. The summed E-state index contributed by atoms with van der Waals surface area (Å²) in [4.78, 5) is 8.97. The summed E-state index contributed by atoms with van der Waals surface area (Å²) in [6.45, 7) is 14.9. The van der Waals surface area contributed by atoms with Gasteiger partial charge in [-0.3, -0.25) is 0 Å². The van der Waals surface area contributed by atoms with E-state index in [0.29, 0.717) is 18.3 Å².